The summed E-state index contributed by atoms with van der Waals surface area (Å²) < 4.78 is 40.2. The van der Waals surface area contributed by atoms with Crippen LogP contribution in [0.5, 0.6) is 0 Å². The summed E-state index contributed by atoms with van der Waals surface area (Å²) in [7, 11) is 0. The molecule has 1 unspecified atom stereocenters. The Morgan fingerprint density at radius 3 is 2.44 bits per heavy atom. The second-order valence-electron chi connectivity index (χ2n) is 7.88. The molecule has 7 nitrogen and oxygen atoms in total. The third-order valence-electron chi connectivity index (χ3n) is 5.77. The van der Waals surface area contributed by atoms with Gasteiger partial charge in [-0.1, -0.05) is 48.5 Å². The molecule has 2 aromatic carbocycles. The average Bonchev–Trinajstić information content (AvgIpc) is 3.22. The minimum Gasteiger partial charge on any atom is -0.296 e. The number of carbonyl (C=O) groups excluding carboxylic acids is 1. The molecule has 32 heavy (non-hydrogen) atoms. The summed E-state index contributed by atoms with van der Waals surface area (Å²) in [6, 6.07) is 14.3. The van der Waals surface area contributed by atoms with Crippen LogP contribution in [0.2, 0.25) is 0 Å². The summed E-state index contributed by atoms with van der Waals surface area (Å²) in [6.07, 6.45) is -2.20. The van der Waals surface area contributed by atoms with E-state index in [1.807, 2.05) is 53.4 Å². The van der Waals surface area contributed by atoms with Crippen LogP contribution in [0.15, 0.2) is 54.7 Å². The van der Waals surface area contributed by atoms with Gasteiger partial charge in [0.15, 0.2) is 0 Å². The number of fused-ring (bicyclic) bond motifs is 1. The van der Waals surface area contributed by atoms with Gasteiger partial charge in [0.1, 0.15) is 6.04 Å². The van der Waals surface area contributed by atoms with Crippen LogP contribution in [-0.4, -0.2) is 63.2 Å². The standard InChI is InChI=1S/C22H24F3N5O2/c23-22(24,25)29-11-9-28(10-12-29)14-17-7-4-8-18-15-30(26-20(17)18)19(21(31)27-32)13-16-5-2-1-3-6-16/h1-8,15,19,32H,9-14H2,(H,27,31). The van der Waals surface area contributed by atoms with Crippen molar-refractivity contribution in [2.24, 2.45) is 0 Å². The third kappa shape index (κ3) is 4.93. The van der Waals surface area contributed by atoms with Crippen LogP contribution in [0.4, 0.5) is 13.2 Å². The molecule has 1 aliphatic heterocycles. The SMILES string of the molecule is O=C(NO)C(Cc1ccccc1)n1cc2cccc(CN3CCN(C(F)(F)F)CC3)c2n1. The fraction of sp³-hybridized carbons (Fsp3) is 0.364. The van der Waals surface area contributed by atoms with E-state index in [1.54, 1.807) is 11.7 Å². The predicted octanol–water partition coefficient (Wildman–Crippen LogP) is 2.96. The van der Waals surface area contributed by atoms with Crippen molar-refractivity contribution in [2.75, 3.05) is 26.2 Å². The third-order valence-corrected chi connectivity index (χ3v) is 5.77. The van der Waals surface area contributed by atoms with E-state index in [-0.39, 0.29) is 13.1 Å². The quantitative estimate of drug-likeness (QED) is 0.345. The van der Waals surface area contributed by atoms with E-state index in [9.17, 15) is 23.2 Å². The summed E-state index contributed by atoms with van der Waals surface area (Å²) in [5, 5.41) is 14.7. The van der Waals surface area contributed by atoms with Crippen molar-refractivity contribution in [3.05, 3.63) is 65.9 Å². The van der Waals surface area contributed by atoms with Crippen molar-refractivity contribution in [1.29, 1.82) is 0 Å². The largest absolute Gasteiger partial charge is 0.460 e. The molecular weight excluding hydrogens is 423 g/mol. The monoisotopic (exact) mass is 447 g/mol. The molecule has 2 N–H and O–H groups in total. The minimum atomic E-state index is -4.30. The number of rotatable bonds is 6. The van der Waals surface area contributed by atoms with Crippen LogP contribution in [0.25, 0.3) is 10.9 Å². The number of hydrogen-bond donors (Lipinski definition) is 2. The second kappa shape index (κ2) is 9.27. The number of nitrogens with zero attached hydrogens (tertiary/aromatic N) is 4. The molecule has 10 heteroatoms. The Bertz CT molecular complexity index is 1060. The molecule has 4 rings (SSSR count). The molecule has 1 aromatic heterocycles. The zero-order valence-electron chi connectivity index (χ0n) is 17.3. The van der Waals surface area contributed by atoms with Gasteiger partial charge in [-0.2, -0.15) is 18.3 Å². The lowest BCUT2D eigenvalue weighted by Gasteiger charge is -2.35. The van der Waals surface area contributed by atoms with Crippen LogP contribution in [-0.2, 0) is 17.8 Å². The lowest BCUT2D eigenvalue weighted by molar-refractivity contribution is -0.252. The summed E-state index contributed by atoms with van der Waals surface area (Å²) >= 11 is 0. The van der Waals surface area contributed by atoms with Gasteiger partial charge >= 0.3 is 6.30 Å². The van der Waals surface area contributed by atoms with Gasteiger partial charge < -0.3 is 0 Å². The topological polar surface area (TPSA) is 73.6 Å². The van der Waals surface area contributed by atoms with Gasteiger partial charge in [0, 0.05) is 50.7 Å². The van der Waals surface area contributed by atoms with Gasteiger partial charge in [-0.15, -0.1) is 0 Å². The normalized spacial score (nSPS) is 16.9. The lowest BCUT2D eigenvalue weighted by Crippen LogP contribution is -2.51. The second-order valence-corrected chi connectivity index (χ2v) is 7.88. The van der Waals surface area contributed by atoms with Crippen LogP contribution in [0.1, 0.15) is 17.2 Å². The molecular formula is C22H24F3N5O2. The Hall–Kier alpha value is -2.95. The van der Waals surface area contributed by atoms with Gasteiger partial charge in [-0.25, -0.2) is 10.4 Å². The van der Waals surface area contributed by atoms with Crippen LogP contribution in [0, 0.1) is 0 Å². The summed E-state index contributed by atoms with van der Waals surface area (Å²) in [5.41, 5.74) is 4.21. The van der Waals surface area contributed by atoms with E-state index in [1.165, 1.54) is 4.68 Å². The van der Waals surface area contributed by atoms with Crippen molar-refractivity contribution in [2.45, 2.75) is 25.3 Å². The number of piperazine rings is 1. The van der Waals surface area contributed by atoms with Crippen molar-refractivity contribution in [1.82, 2.24) is 25.1 Å². The lowest BCUT2D eigenvalue weighted by atomic mass is 10.1. The number of nitrogens with one attached hydrogen (secondary N) is 1. The Morgan fingerprint density at radius 2 is 1.78 bits per heavy atom. The van der Waals surface area contributed by atoms with E-state index < -0.39 is 18.2 Å². The summed E-state index contributed by atoms with van der Waals surface area (Å²) in [4.78, 5) is 14.9. The molecule has 1 aliphatic rings. The number of amides is 1. The minimum absolute atomic E-state index is 0.0657. The first kappa shape index (κ1) is 22.3. The molecule has 3 aromatic rings. The number of hydroxylamine groups is 1. The highest BCUT2D eigenvalue weighted by atomic mass is 19.4. The van der Waals surface area contributed by atoms with E-state index in [0.717, 1.165) is 16.5 Å². The smallest absolute Gasteiger partial charge is 0.296 e. The van der Waals surface area contributed by atoms with Gasteiger partial charge in [0.25, 0.3) is 5.91 Å². The van der Waals surface area contributed by atoms with Gasteiger partial charge in [-0.3, -0.25) is 19.6 Å². The van der Waals surface area contributed by atoms with E-state index in [0.29, 0.717) is 36.5 Å². The highest BCUT2D eigenvalue weighted by molar-refractivity contribution is 5.83. The number of aromatic nitrogens is 2. The van der Waals surface area contributed by atoms with Crippen molar-refractivity contribution in [3.63, 3.8) is 0 Å². The molecule has 0 radical (unpaired) electrons. The number of carbonyl (C=O) groups is 1. The van der Waals surface area contributed by atoms with Crippen LogP contribution >= 0.6 is 0 Å². The van der Waals surface area contributed by atoms with Gasteiger partial charge in [-0.05, 0) is 11.1 Å². The van der Waals surface area contributed by atoms with Gasteiger partial charge in [0.2, 0.25) is 0 Å². The average molecular weight is 447 g/mol. The predicted molar refractivity (Wildman–Crippen MR) is 112 cm³/mol. The number of halogens is 3. The van der Waals surface area contributed by atoms with Crippen molar-refractivity contribution >= 4 is 16.8 Å². The van der Waals surface area contributed by atoms with E-state index in [4.69, 9.17) is 0 Å². The van der Waals surface area contributed by atoms with Gasteiger partial charge in [0.05, 0.1) is 5.52 Å². The van der Waals surface area contributed by atoms with Crippen molar-refractivity contribution in [3.8, 4) is 0 Å². The Balaban J connectivity index is 1.55. The Labute approximate surface area is 183 Å². The Kier molecular flexibility index (Phi) is 6.45. The van der Waals surface area contributed by atoms with Crippen LogP contribution in [0.3, 0.4) is 0 Å². The summed E-state index contributed by atoms with van der Waals surface area (Å²) in [6.45, 7) is 0.948. The maximum Gasteiger partial charge on any atom is 0.460 e. The van der Waals surface area contributed by atoms with Crippen molar-refractivity contribution < 1.29 is 23.2 Å². The number of hydrogen-bond acceptors (Lipinski definition) is 5. The number of benzene rings is 2. The molecule has 0 spiro atoms. The molecule has 1 saturated heterocycles. The molecule has 1 amide bonds. The number of alkyl halides is 3. The molecule has 2 heterocycles. The first-order chi connectivity index (χ1) is 15.3. The molecule has 170 valence electrons. The zero-order valence-corrected chi connectivity index (χ0v) is 17.3. The van der Waals surface area contributed by atoms with E-state index in [2.05, 4.69) is 5.10 Å². The van der Waals surface area contributed by atoms with E-state index >= 15 is 0 Å². The highest BCUT2D eigenvalue weighted by Gasteiger charge is 2.38. The molecule has 1 atom stereocenters. The molecule has 0 saturated carbocycles. The maximum atomic E-state index is 12.9. The highest BCUT2D eigenvalue weighted by Crippen LogP contribution is 2.25. The Morgan fingerprint density at radius 1 is 1.06 bits per heavy atom. The first-order valence-electron chi connectivity index (χ1n) is 10.3. The first-order valence-corrected chi connectivity index (χ1v) is 10.3. The maximum absolute atomic E-state index is 12.9. The molecule has 1 fully saturated rings. The molecule has 0 aliphatic carbocycles. The fourth-order valence-corrected chi connectivity index (χ4v) is 4.03. The van der Waals surface area contributed by atoms with Crippen LogP contribution < -0.4 is 5.48 Å². The zero-order chi connectivity index (χ0) is 22.7. The summed E-state index contributed by atoms with van der Waals surface area (Å²) in [5.74, 6) is -0.577. The fourth-order valence-electron chi connectivity index (χ4n) is 4.03. The molecule has 0 bridgehead atoms.